The topological polar surface area (TPSA) is 54.4 Å². The van der Waals surface area contributed by atoms with Crippen molar-refractivity contribution in [2.24, 2.45) is 17.8 Å². The Balaban J connectivity index is 2.24. The second-order valence-corrected chi connectivity index (χ2v) is 4.04. The molecule has 1 N–H and O–H groups in total. The van der Waals surface area contributed by atoms with Gasteiger partial charge in [-0.25, -0.2) is 8.78 Å². The highest BCUT2D eigenvalue weighted by Crippen LogP contribution is 2.52. The van der Waals surface area contributed by atoms with Crippen LogP contribution in [0.3, 0.4) is 0 Å². The Hall–Kier alpha value is -1.00. The summed E-state index contributed by atoms with van der Waals surface area (Å²) in [5, 5.41) is 8.64. The van der Waals surface area contributed by atoms with E-state index >= 15 is 0 Å². The van der Waals surface area contributed by atoms with Crippen molar-refractivity contribution in [1.82, 2.24) is 0 Å². The fourth-order valence-electron chi connectivity index (χ4n) is 2.56. The fourth-order valence-corrected chi connectivity index (χ4v) is 2.56. The van der Waals surface area contributed by atoms with Crippen LogP contribution in [0.4, 0.5) is 8.78 Å². The number of alkyl halides is 2. The molecule has 78 valence electrons. The van der Waals surface area contributed by atoms with Crippen LogP contribution in [-0.2, 0) is 9.59 Å². The molecule has 0 radical (unpaired) electrons. The number of hydrogen-bond acceptors (Lipinski definition) is 2. The molecule has 3 unspecified atom stereocenters. The molecule has 0 aromatic carbocycles. The zero-order valence-electron chi connectivity index (χ0n) is 7.37. The lowest BCUT2D eigenvalue weighted by Gasteiger charge is -2.16. The molecule has 2 rings (SSSR count). The lowest BCUT2D eigenvalue weighted by molar-refractivity contribution is -0.145. The van der Waals surface area contributed by atoms with E-state index in [0.29, 0.717) is 0 Å². The number of aliphatic carboxylic acids is 1. The second-order valence-electron chi connectivity index (χ2n) is 4.04. The first kappa shape index (κ1) is 9.55. The minimum atomic E-state index is -2.84. The average Bonchev–Trinajstić information content (AvgIpc) is 2.53. The summed E-state index contributed by atoms with van der Waals surface area (Å²) in [6, 6.07) is 0. The van der Waals surface area contributed by atoms with Crippen LogP contribution >= 0.6 is 0 Å². The van der Waals surface area contributed by atoms with Gasteiger partial charge in [-0.1, -0.05) is 0 Å². The van der Waals surface area contributed by atoms with Gasteiger partial charge < -0.3 is 5.11 Å². The van der Waals surface area contributed by atoms with Crippen molar-refractivity contribution < 1.29 is 23.5 Å². The summed E-state index contributed by atoms with van der Waals surface area (Å²) in [5.41, 5.74) is 0. The van der Waals surface area contributed by atoms with Crippen molar-refractivity contribution in [1.29, 1.82) is 0 Å². The Morgan fingerprint density at radius 2 is 2.14 bits per heavy atom. The van der Waals surface area contributed by atoms with Crippen molar-refractivity contribution in [3.63, 3.8) is 0 Å². The number of Topliss-reactive ketones (excluding diaryl/α,β-unsaturated/α-hetero) is 1. The van der Waals surface area contributed by atoms with Crippen molar-refractivity contribution in [2.75, 3.05) is 0 Å². The average molecular weight is 204 g/mol. The Morgan fingerprint density at radius 1 is 1.50 bits per heavy atom. The third-order valence-electron chi connectivity index (χ3n) is 3.31. The standard InChI is InChI=1S/C9H10F2O3/c10-9(11)2-1-4-6(9)3-5(7(4)12)8(13)14/h4-6H,1-3H2,(H,13,14). The third kappa shape index (κ3) is 1.14. The summed E-state index contributed by atoms with van der Waals surface area (Å²) in [5.74, 6) is -7.55. The van der Waals surface area contributed by atoms with Crippen molar-refractivity contribution in [3.05, 3.63) is 0 Å². The molecule has 5 heteroatoms. The maximum Gasteiger partial charge on any atom is 0.314 e. The van der Waals surface area contributed by atoms with Gasteiger partial charge in [0.15, 0.2) is 5.78 Å². The monoisotopic (exact) mass is 204 g/mol. The molecular formula is C9H10F2O3. The van der Waals surface area contributed by atoms with Gasteiger partial charge in [0.1, 0.15) is 5.92 Å². The molecule has 0 heterocycles. The number of halogens is 2. The van der Waals surface area contributed by atoms with Gasteiger partial charge in [-0.3, -0.25) is 9.59 Å². The molecule has 0 aliphatic heterocycles. The van der Waals surface area contributed by atoms with E-state index in [0.717, 1.165) is 0 Å². The van der Waals surface area contributed by atoms with Gasteiger partial charge in [0.2, 0.25) is 0 Å². The Bertz CT molecular complexity index is 300. The lowest BCUT2D eigenvalue weighted by Crippen LogP contribution is -2.23. The number of carbonyl (C=O) groups excluding carboxylic acids is 1. The van der Waals surface area contributed by atoms with Crippen LogP contribution in [0.1, 0.15) is 19.3 Å². The molecule has 2 fully saturated rings. The molecule has 0 bridgehead atoms. The van der Waals surface area contributed by atoms with Crippen LogP contribution in [0.2, 0.25) is 0 Å². The van der Waals surface area contributed by atoms with E-state index in [1.54, 1.807) is 0 Å². The molecule has 3 atom stereocenters. The summed E-state index contributed by atoms with van der Waals surface area (Å²) in [6.07, 6.45) is -0.327. The number of fused-ring (bicyclic) bond motifs is 1. The summed E-state index contributed by atoms with van der Waals surface area (Å²) in [7, 11) is 0. The molecule has 2 aliphatic rings. The number of carboxylic acid groups (broad SMARTS) is 1. The van der Waals surface area contributed by atoms with E-state index < -0.39 is 35.4 Å². The van der Waals surface area contributed by atoms with E-state index in [2.05, 4.69) is 0 Å². The highest BCUT2D eigenvalue weighted by atomic mass is 19.3. The van der Waals surface area contributed by atoms with E-state index in [1.165, 1.54) is 0 Å². The highest BCUT2D eigenvalue weighted by Gasteiger charge is 2.59. The molecular weight excluding hydrogens is 194 g/mol. The number of carboxylic acids is 1. The minimum absolute atomic E-state index is 0.139. The molecule has 2 aliphatic carbocycles. The third-order valence-corrected chi connectivity index (χ3v) is 3.31. The predicted octanol–water partition coefficient (Wildman–Crippen LogP) is 1.32. The molecule has 3 nitrogen and oxygen atoms in total. The van der Waals surface area contributed by atoms with E-state index in [1.807, 2.05) is 0 Å². The van der Waals surface area contributed by atoms with Crippen molar-refractivity contribution >= 4 is 11.8 Å². The van der Waals surface area contributed by atoms with Crippen LogP contribution in [0.25, 0.3) is 0 Å². The minimum Gasteiger partial charge on any atom is -0.481 e. The van der Waals surface area contributed by atoms with Gasteiger partial charge in [0.05, 0.1) is 0 Å². The number of ketones is 1. The predicted molar refractivity (Wildman–Crippen MR) is 41.9 cm³/mol. The molecule has 0 aromatic heterocycles. The summed E-state index contributed by atoms with van der Waals surface area (Å²) >= 11 is 0. The molecule has 0 aromatic rings. The van der Waals surface area contributed by atoms with Crippen LogP contribution in [0.15, 0.2) is 0 Å². The van der Waals surface area contributed by atoms with Gasteiger partial charge in [-0.15, -0.1) is 0 Å². The highest BCUT2D eigenvalue weighted by molar-refractivity contribution is 6.01. The van der Waals surface area contributed by atoms with E-state index in [4.69, 9.17) is 5.11 Å². The van der Waals surface area contributed by atoms with Crippen LogP contribution in [0.5, 0.6) is 0 Å². The zero-order chi connectivity index (χ0) is 10.5. The number of hydrogen-bond donors (Lipinski definition) is 1. The molecule has 0 saturated heterocycles. The Labute approximate surface area is 79.1 Å². The van der Waals surface area contributed by atoms with Crippen molar-refractivity contribution in [3.8, 4) is 0 Å². The molecule has 2 saturated carbocycles. The smallest absolute Gasteiger partial charge is 0.314 e. The van der Waals surface area contributed by atoms with Gasteiger partial charge in [-0.2, -0.15) is 0 Å². The maximum absolute atomic E-state index is 13.2. The largest absolute Gasteiger partial charge is 0.481 e. The Kier molecular flexibility index (Phi) is 1.87. The summed E-state index contributed by atoms with van der Waals surface area (Å²) < 4.78 is 26.3. The number of carbonyl (C=O) groups is 2. The van der Waals surface area contributed by atoms with Crippen LogP contribution < -0.4 is 0 Å². The maximum atomic E-state index is 13.2. The van der Waals surface area contributed by atoms with Gasteiger partial charge in [0.25, 0.3) is 5.92 Å². The molecule has 0 amide bonds. The van der Waals surface area contributed by atoms with Gasteiger partial charge in [-0.05, 0) is 12.8 Å². The van der Waals surface area contributed by atoms with Crippen LogP contribution in [0, 0.1) is 17.8 Å². The quantitative estimate of drug-likeness (QED) is 0.655. The molecule has 0 spiro atoms. The Morgan fingerprint density at radius 3 is 2.64 bits per heavy atom. The second kappa shape index (κ2) is 2.74. The molecule has 14 heavy (non-hydrogen) atoms. The fraction of sp³-hybridized carbons (Fsp3) is 0.778. The van der Waals surface area contributed by atoms with Crippen LogP contribution in [-0.4, -0.2) is 22.8 Å². The lowest BCUT2D eigenvalue weighted by atomic mass is 9.98. The van der Waals surface area contributed by atoms with E-state index in [-0.39, 0.29) is 19.3 Å². The first-order chi connectivity index (χ1) is 6.43. The SMILES string of the molecule is O=C(O)C1CC2C(CCC2(F)F)C1=O. The summed E-state index contributed by atoms with van der Waals surface area (Å²) in [4.78, 5) is 22.0. The zero-order valence-corrected chi connectivity index (χ0v) is 7.37. The first-order valence-corrected chi connectivity index (χ1v) is 4.58. The number of rotatable bonds is 1. The normalized spacial score (nSPS) is 39.9. The van der Waals surface area contributed by atoms with Crippen molar-refractivity contribution in [2.45, 2.75) is 25.2 Å². The first-order valence-electron chi connectivity index (χ1n) is 4.58. The summed E-state index contributed by atoms with van der Waals surface area (Å²) in [6.45, 7) is 0. The van der Waals surface area contributed by atoms with Gasteiger partial charge >= 0.3 is 5.97 Å². The van der Waals surface area contributed by atoms with Gasteiger partial charge in [0, 0.05) is 18.3 Å². The van der Waals surface area contributed by atoms with E-state index in [9.17, 15) is 18.4 Å².